The van der Waals surface area contributed by atoms with Gasteiger partial charge in [-0.3, -0.25) is 9.98 Å². The molecule has 3 rings (SSSR count). The molecular formula is C15H12N2O. The second kappa shape index (κ2) is 4.11. The van der Waals surface area contributed by atoms with Crippen LogP contribution in [-0.4, -0.2) is 20.0 Å². The van der Waals surface area contributed by atoms with E-state index in [1.807, 2.05) is 24.3 Å². The molecule has 3 heteroatoms. The molecule has 2 aromatic carbocycles. The zero-order valence-electron chi connectivity index (χ0n) is 10.1. The molecule has 0 fully saturated rings. The molecule has 0 amide bonds. The van der Waals surface area contributed by atoms with Crippen LogP contribution >= 0.6 is 0 Å². The van der Waals surface area contributed by atoms with Crippen LogP contribution in [0.2, 0.25) is 0 Å². The van der Waals surface area contributed by atoms with Crippen molar-refractivity contribution >= 4 is 40.4 Å². The molecule has 0 unspecified atom stereocenters. The Hall–Kier alpha value is -2.42. The van der Waals surface area contributed by atoms with E-state index in [9.17, 15) is 0 Å². The monoisotopic (exact) mass is 236 g/mol. The number of rotatable bonds is 2. The fraction of sp³-hybridized carbons (Fsp3) is 0.0667. The van der Waals surface area contributed by atoms with Crippen molar-refractivity contribution in [2.45, 2.75) is 0 Å². The quantitative estimate of drug-likeness (QED) is 0.620. The van der Waals surface area contributed by atoms with E-state index in [4.69, 9.17) is 4.42 Å². The standard InChI is InChI=1S/C15H12N2O/c1-16-9-13-15(17-2)14-11-6-4-3-5-10(11)7-8-12(14)18-13/h3-9H,2H2,1H3/b16-9-. The highest BCUT2D eigenvalue weighted by Gasteiger charge is 2.13. The highest BCUT2D eigenvalue weighted by Crippen LogP contribution is 2.37. The van der Waals surface area contributed by atoms with E-state index in [0.29, 0.717) is 5.76 Å². The Bertz CT molecular complexity index is 769. The summed E-state index contributed by atoms with van der Waals surface area (Å²) in [6.07, 6.45) is 1.67. The Balaban J connectivity index is 2.52. The van der Waals surface area contributed by atoms with Crippen LogP contribution in [0, 0.1) is 0 Å². The van der Waals surface area contributed by atoms with Crippen LogP contribution in [0.15, 0.2) is 50.8 Å². The van der Waals surface area contributed by atoms with Crippen LogP contribution in [0.1, 0.15) is 5.76 Å². The summed E-state index contributed by atoms with van der Waals surface area (Å²) < 4.78 is 5.76. The SMILES string of the molecule is C=Nc1c(/C=N\C)oc2ccc3ccccc3c12. The average molecular weight is 236 g/mol. The zero-order chi connectivity index (χ0) is 12.5. The molecule has 1 aromatic heterocycles. The predicted octanol–water partition coefficient (Wildman–Crippen LogP) is 3.97. The number of aliphatic imine (C=N–C) groups is 2. The fourth-order valence-corrected chi connectivity index (χ4v) is 2.23. The van der Waals surface area contributed by atoms with Crippen LogP contribution in [0.4, 0.5) is 5.69 Å². The third kappa shape index (κ3) is 1.44. The van der Waals surface area contributed by atoms with Gasteiger partial charge in [0.2, 0.25) is 0 Å². The molecule has 88 valence electrons. The van der Waals surface area contributed by atoms with E-state index in [1.54, 1.807) is 13.3 Å². The summed E-state index contributed by atoms with van der Waals surface area (Å²) in [6, 6.07) is 12.2. The molecule has 3 aromatic rings. The van der Waals surface area contributed by atoms with Gasteiger partial charge in [0.25, 0.3) is 0 Å². The maximum absolute atomic E-state index is 5.76. The van der Waals surface area contributed by atoms with Crippen molar-refractivity contribution in [3.05, 3.63) is 42.2 Å². The average Bonchev–Trinajstić information content (AvgIpc) is 2.77. The molecule has 3 nitrogen and oxygen atoms in total. The van der Waals surface area contributed by atoms with E-state index in [1.165, 1.54) is 0 Å². The molecule has 0 aliphatic rings. The van der Waals surface area contributed by atoms with Gasteiger partial charge in [-0.15, -0.1) is 0 Å². The topological polar surface area (TPSA) is 37.9 Å². The minimum absolute atomic E-state index is 0.652. The largest absolute Gasteiger partial charge is 0.453 e. The summed E-state index contributed by atoms with van der Waals surface area (Å²) >= 11 is 0. The van der Waals surface area contributed by atoms with Gasteiger partial charge in [-0.2, -0.15) is 0 Å². The predicted molar refractivity (Wildman–Crippen MR) is 76.4 cm³/mol. The van der Waals surface area contributed by atoms with Crippen LogP contribution in [0.3, 0.4) is 0 Å². The molecule has 0 saturated carbocycles. The molecule has 0 N–H and O–H groups in total. The summed E-state index contributed by atoms with van der Waals surface area (Å²) in [7, 11) is 1.71. The highest BCUT2D eigenvalue weighted by molar-refractivity contribution is 6.14. The summed E-state index contributed by atoms with van der Waals surface area (Å²) in [5.74, 6) is 0.652. The maximum atomic E-state index is 5.76. The first-order chi connectivity index (χ1) is 8.85. The lowest BCUT2D eigenvalue weighted by atomic mass is 10.1. The molecule has 0 aliphatic heterocycles. The van der Waals surface area contributed by atoms with Crippen molar-refractivity contribution in [3.63, 3.8) is 0 Å². The Morgan fingerprint density at radius 3 is 2.78 bits per heavy atom. The smallest absolute Gasteiger partial charge is 0.171 e. The first-order valence-corrected chi connectivity index (χ1v) is 5.68. The molecule has 0 radical (unpaired) electrons. The molecule has 1 heterocycles. The minimum Gasteiger partial charge on any atom is -0.453 e. The first-order valence-electron chi connectivity index (χ1n) is 5.68. The Kier molecular flexibility index (Phi) is 2.45. The molecule has 0 saturated heterocycles. The number of benzene rings is 2. The summed E-state index contributed by atoms with van der Waals surface area (Å²) in [5, 5.41) is 3.28. The number of fused-ring (bicyclic) bond motifs is 3. The van der Waals surface area contributed by atoms with Crippen LogP contribution < -0.4 is 0 Å². The van der Waals surface area contributed by atoms with Crippen LogP contribution in [-0.2, 0) is 0 Å². The van der Waals surface area contributed by atoms with Gasteiger partial charge in [-0.05, 0) is 23.6 Å². The number of hydrogen-bond donors (Lipinski definition) is 0. The van der Waals surface area contributed by atoms with Crippen molar-refractivity contribution in [1.82, 2.24) is 0 Å². The maximum Gasteiger partial charge on any atom is 0.171 e. The van der Waals surface area contributed by atoms with Gasteiger partial charge < -0.3 is 4.42 Å². The molecule has 0 atom stereocenters. The molecule has 0 bridgehead atoms. The summed E-state index contributed by atoms with van der Waals surface area (Å²) in [4.78, 5) is 8.08. The Morgan fingerprint density at radius 1 is 1.17 bits per heavy atom. The van der Waals surface area contributed by atoms with E-state index >= 15 is 0 Å². The van der Waals surface area contributed by atoms with Gasteiger partial charge in [-0.25, -0.2) is 0 Å². The number of furan rings is 1. The molecule has 0 spiro atoms. The first kappa shape index (κ1) is 10.7. The van der Waals surface area contributed by atoms with E-state index in [2.05, 4.69) is 28.8 Å². The van der Waals surface area contributed by atoms with Crippen LogP contribution in [0.5, 0.6) is 0 Å². The van der Waals surface area contributed by atoms with Crippen molar-refractivity contribution in [1.29, 1.82) is 0 Å². The fourth-order valence-electron chi connectivity index (χ4n) is 2.23. The van der Waals surface area contributed by atoms with Crippen molar-refractivity contribution in [3.8, 4) is 0 Å². The van der Waals surface area contributed by atoms with Gasteiger partial charge in [0.15, 0.2) is 5.76 Å². The highest BCUT2D eigenvalue weighted by atomic mass is 16.3. The Morgan fingerprint density at radius 2 is 2.00 bits per heavy atom. The molecule has 0 aliphatic carbocycles. The summed E-state index contributed by atoms with van der Waals surface area (Å²) in [5.41, 5.74) is 1.57. The number of hydrogen-bond acceptors (Lipinski definition) is 3. The second-order valence-corrected chi connectivity index (χ2v) is 4.02. The van der Waals surface area contributed by atoms with Gasteiger partial charge in [0, 0.05) is 7.05 Å². The number of nitrogens with zero attached hydrogens (tertiary/aromatic N) is 2. The lowest BCUT2D eigenvalue weighted by Gasteiger charge is -1.98. The van der Waals surface area contributed by atoms with Crippen molar-refractivity contribution < 1.29 is 4.42 Å². The van der Waals surface area contributed by atoms with Gasteiger partial charge in [0.05, 0.1) is 11.6 Å². The lowest BCUT2D eigenvalue weighted by molar-refractivity contribution is 0.609. The van der Waals surface area contributed by atoms with Gasteiger partial charge >= 0.3 is 0 Å². The van der Waals surface area contributed by atoms with E-state index < -0.39 is 0 Å². The minimum atomic E-state index is 0.652. The normalized spacial score (nSPS) is 11.6. The summed E-state index contributed by atoms with van der Waals surface area (Å²) in [6.45, 7) is 3.63. The van der Waals surface area contributed by atoms with Gasteiger partial charge in [0.1, 0.15) is 11.3 Å². The molecular weight excluding hydrogens is 224 g/mol. The van der Waals surface area contributed by atoms with E-state index in [0.717, 1.165) is 27.4 Å². The second-order valence-electron chi connectivity index (χ2n) is 4.02. The van der Waals surface area contributed by atoms with Crippen LogP contribution in [0.25, 0.3) is 21.7 Å². The van der Waals surface area contributed by atoms with Crippen molar-refractivity contribution in [2.24, 2.45) is 9.98 Å². The third-order valence-corrected chi connectivity index (χ3v) is 2.99. The van der Waals surface area contributed by atoms with E-state index in [-0.39, 0.29) is 0 Å². The van der Waals surface area contributed by atoms with Crippen molar-refractivity contribution in [2.75, 3.05) is 7.05 Å². The van der Waals surface area contributed by atoms with Gasteiger partial charge in [-0.1, -0.05) is 30.3 Å². The Labute approximate surface area is 104 Å². The third-order valence-electron chi connectivity index (χ3n) is 2.99. The molecule has 18 heavy (non-hydrogen) atoms. The lowest BCUT2D eigenvalue weighted by Crippen LogP contribution is -1.75. The zero-order valence-corrected chi connectivity index (χ0v) is 10.1.